The zero-order valence-electron chi connectivity index (χ0n) is 23.8. The van der Waals surface area contributed by atoms with Gasteiger partial charge in [-0.2, -0.15) is 0 Å². The molecule has 4 aromatic rings. The molecule has 1 heterocycles. The number of carbonyl (C=O) groups is 2. The molecule has 9 nitrogen and oxygen atoms in total. The molecular weight excluding hydrogens is 558 g/mol. The van der Waals surface area contributed by atoms with Crippen molar-refractivity contribution in [1.29, 1.82) is 0 Å². The second kappa shape index (κ2) is 13.2. The molecule has 0 fully saturated rings. The summed E-state index contributed by atoms with van der Waals surface area (Å²) >= 11 is -0.160. The number of aromatic nitrogens is 1. The standard InChI is InChI=1S/C30H35N5O4S2/c1-30(2,3)39-29(37)31-17-9-16-27(36)33-28-32-24(19-40-28)20-10-6-11-21(18-20)34-41(38)26-15-8-12-22-23(26)13-7-14-25(22)35(4)5/h6-8,10-15,18-19,34H,9,16-17H2,1-5H3,(H,31,37)(H,32,33,36). The smallest absolute Gasteiger partial charge is 0.407 e. The first kappa shape index (κ1) is 30.2. The number of hydrogen-bond donors (Lipinski definition) is 3. The molecule has 0 aliphatic carbocycles. The highest BCUT2D eigenvalue weighted by atomic mass is 32.2. The molecular formula is C30H35N5O4S2. The molecule has 3 aromatic carbocycles. The number of hydrogen-bond acceptors (Lipinski definition) is 8. The van der Waals surface area contributed by atoms with Crippen molar-refractivity contribution in [3.8, 4) is 11.3 Å². The van der Waals surface area contributed by atoms with Gasteiger partial charge >= 0.3 is 6.09 Å². The van der Waals surface area contributed by atoms with Crippen LogP contribution in [0.2, 0.25) is 0 Å². The summed E-state index contributed by atoms with van der Waals surface area (Å²) in [5.41, 5.74) is 2.72. The fraction of sp³-hybridized carbons (Fsp3) is 0.300. The minimum absolute atomic E-state index is 0.185. The van der Waals surface area contributed by atoms with Crippen molar-refractivity contribution in [1.82, 2.24) is 10.3 Å². The number of nitrogens with zero attached hydrogens (tertiary/aromatic N) is 2. The van der Waals surface area contributed by atoms with E-state index in [0.29, 0.717) is 34.4 Å². The number of thiazole rings is 1. The molecule has 1 unspecified atom stereocenters. The van der Waals surface area contributed by atoms with Crippen molar-refractivity contribution in [3.63, 3.8) is 0 Å². The normalized spacial score (nSPS) is 12.0. The Labute approximate surface area is 247 Å². The van der Waals surface area contributed by atoms with Gasteiger partial charge in [0.05, 0.1) is 11.4 Å². The molecule has 3 N–H and O–H groups in total. The average Bonchev–Trinajstić information content (AvgIpc) is 3.38. The van der Waals surface area contributed by atoms with E-state index in [9.17, 15) is 14.1 Å². The lowest BCUT2D eigenvalue weighted by molar-refractivity contribution is -0.116. The summed E-state index contributed by atoms with van der Waals surface area (Å²) in [5.74, 6) is -0.185. The van der Waals surface area contributed by atoms with Crippen LogP contribution in [0, 0.1) is 0 Å². The van der Waals surface area contributed by atoms with Crippen LogP contribution in [0.25, 0.3) is 22.0 Å². The third-order valence-corrected chi connectivity index (χ3v) is 7.84. The van der Waals surface area contributed by atoms with Gasteiger partial charge in [-0.1, -0.05) is 30.3 Å². The lowest BCUT2D eigenvalue weighted by atomic mass is 10.1. The maximum Gasteiger partial charge on any atom is 0.407 e. The number of carbonyl (C=O) groups excluding carboxylic acids is 2. The van der Waals surface area contributed by atoms with Gasteiger partial charge in [0.15, 0.2) is 10.0 Å². The van der Waals surface area contributed by atoms with Crippen molar-refractivity contribution >= 4 is 62.0 Å². The largest absolute Gasteiger partial charge is 0.588 e. The first-order chi connectivity index (χ1) is 19.5. The van der Waals surface area contributed by atoms with Crippen LogP contribution in [0.5, 0.6) is 0 Å². The van der Waals surface area contributed by atoms with Crippen molar-refractivity contribution < 1.29 is 18.9 Å². The van der Waals surface area contributed by atoms with Crippen LogP contribution in [-0.2, 0) is 20.9 Å². The van der Waals surface area contributed by atoms with E-state index >= 15 is 0 Å². The van der Waals surface area contributed by atoms with E-state index in [0.717, 1.165) is 22.0 Å². The fourth-order valence-corrected chi connectivity index (χ4v) is 5.89. The number of nitrogens with one attached hydrogen (secondary N) is 3. The second-order valence-electron chi connectivity index (χ2n) is 10.6. The van der Waals surface area contributed by atoms with E-state index in [1.807, 2.05) is 85.0 Å². The van der Waals surface area contributed by atoms with Crippen LogP contribution in [0.4, 0.5) is 21.3 Å². The van der Waals surface area contributed by atoms with E-state index in [2.05, 4.69) is 20.3 Å². The van der Waals surface area contributed by atoms with E-state index in [4.69, 9.17) is 4.74 Å². The number of rotatable bonds is 10. The topological polar surface area (TPSA) is 119 Å². The van der Waals surface area contributed by atoms with Gasteiger partial charge in [0.25, 0.3) is 0 Å². The lowest BCUT2D eigenvalue weighted by Crippen LogP contribution is -2.33. The van der Waals surface area contributed by atoms with Crippen LogP contribution in [-0.4, -0.2) is 47.8 Å². The number of benzene rings is 3. The molecule has 0 aliphatic heterocycles. The minimum atomic E-state index is -1.49. The van der Waals surface area contributed by atoms with Gasteiger partial charge in [-0.05, 0) is 57.5 Å². The van der Waals surface area contributed by atoms with Gasteiger partial charge in [-0.15, -0.1) is 11.3 Å². The fourth-order valence-electron chi connectivity index (χ4n) is 4.12. The number of fused-ring (bicyclic) bond motifs is 1. The van der Waals surface area contributed by atoms with Crippen molar-refractivity contribution in [2.75, 3.05) is 35.6 Å². The van der Waals surface area contributed by atoms with Gasteiger partial charge in [0.1, 0.15) is 17.0 Å². The molecule has 0 bridgehead atoms. The lowest BCUT2D eigenvalue weighted by Gasteiger charge is -2.19. The monoisotopic (exact) mass is 593 g/mol. The summed E-state index contributed by atoms with van der Waals surface area (Å²) in [5, 5.41) is 9.78. The highest BCUT2D eigenvalue weighted by molar-refractivity contribution is 7.93. The molecule has 216 valence electrons. The van der Waals surface area contributed by atoms with Crippen LogP contribution in [0.15, 0.2) is 70.9 Å². The molecule has 1 aromatic heterocycles. The molecule has 0 spiro atoms. The van der Waals surface area contributed by atoms with E-state index in [1.165, 1.54) is 11.3 Å². The Bertz CT molecular complexity index is 1520. The van der Waals surface area contributed by atoms with Crippen molar-refractivity contribution in [3.05, 3.63) is 66.0 Å². The van der Waals surface area contributed by atoms with Crippen LogP contribution >= 0.6 is 11.3 Å². The van der Waals surface area contributed by atoms with E-state index in [-0.39, 0.29) is 12.3 Å². The first-order valence-electron chi connectivity index (χ1n) is 13.2. The van der Waals surface area contributed by atoms with Gasteiger partial charge < -0.3 is 24.8 Å². The Balaban J connectivity index is 1.35. The Kier molecular flexibility index (Phi) is 9.74. The number of ether oxygens (including phenoxy) is 1. The zero-order chi connectivity index (χ0) is 29.6. The number of alkyl carbamates (subject to hydrolysis) is 1. The van der Waals surface area contributed by atoms with Crippen molar-refractivity contribution in [2.45, 2.75) is 44.1 Å². The zero-order valence-corrected chi connectivity index (χ0v) is 25.4. The summed E-state index contributed by atoms with van der Waals surface area (Å²) in [6, 6.07) is 19.4. The highest BCUT2D eigenvalue weighted by Gasteiger charge is 2.18. The Hall–Kier alpha value is -3.80. The Morgan fingerprint density at radius 1 is 1.05 bits per heavy atom. The predicted octanol–water partition coefficient (Wildman–Crippen LogP) is 6.41. The summed E-state index contributed by atoms with van der Waals surface area (Å²) < 4.78 is 21.7. The molecule has 41 heavy (non-hydrogen) atoms. The van der Waals surface area contributed by atoms with Crippen LogP contribution in [0.1, 0.15) is 33.6 Å². The van der Waals surface area contributed by atoms with Crippen LogP contribution < -0.4 is 20.3 Å². The van der Waals surface area contributed by atoms with E-state index < -0.39 is 23.1 Å². The summed E-state index contributed by atoms with van der Waals surface area (Å²) in [6.45, 7) is 5.72. The second-order valence-corrected chi connectivity index (χ2v) is 12.6. The van der Waals surface area contributed by atoms with Gasteiger partial charge in [0, 0.05) is 54.5 Å². The SMILES string of the molecule is CN(C)c1cccc2c([S+]([O-])Nc3cccc(-c4csc(NC(=O)CCCNC(=O)OC(C)(C)C)n4)c3)cccc12. The highest BCUT2D eigenvalue weighted by Crippen LogP contribution is 2.32. The molecule has 11 heteroatoms. The predicted molar refractivity (Wildman–Crippen MR) is 168 cm³/mol. The number of amides is 2. The quantitative estimate of drug-likeness (QED) is 0.144. The molecule has 0 radical (unpaired) electrons. The molecule has 1 atom stereocenters. The van der Waals surface area contributed by atoms with Crippen molar-refractivity contribution in [2.24, 2.45) is 0 Å². The molecule has 4 rings (SSSR count). The number of anilines is 3. The summed E-state index contributed by atoms with van der Waals surface area (Å²) in [6.07, 6.45) is 0.208. The Morgan fingerprint density at radius 2 is 1.78 bits per heavy atom. The molecule has 0 aliphatic rings. The maximum atomic E-state index is 13.4. The maximum absolute atomic E-state index is 13.4. The summed E-state index contributed by atoms with van der Waals surface area (Å²) in [4.78, 5) is 31.4. The van der Waals surface area contributed by atoms with Crippen LogP contribution in [0.3, 0.4) is 0 Å². The van der Waals surface area contributed by atoms with Gasteiger partial charge in [-0.3, -0.25) is 4.79 Å². The molecule has 2 amide bonds. The van der Waals surface area contributed by atoms with Gasteiger partial charge in [-0.25, -0.2) is 14.5 Å². The Morgan fingerprint density at radius 3 is 2.54 bits per heavy atom. The third-order valence-electron chi connectivity index (χ3n) is 5.91. The third kappa shape index (κ3) is 8.35. The molecule has 0 saturated carbocycles. The molecule has 0 saturated heterocycles. The first-order valence-corrected chi connectivity index (χ1v) is 15.2. The minimum Gasteiger partial charge on any atom is -0.588 e. The average molecular weight is 594 g/mol. The van der Waals surface area contributed by atoms with Gasteiger partial charge in [0.2, 0.25) is 5.91 Å². The summed E-state index contributed by atoms with van der Waals surface area (Å²) in [7, 11) is 3.98. The van der Waals surface area contributed by atoms with E-state index in [1.54, 1.807) is 20.8 Å².